The van der Waals surface area contributed by atoms with Gasteiger partial charge in [-0.3, -0.25) is 4.79 Å². The molecule has 1 N–H and O–H groups in total. The third-order valence-electron chi connectivity index (χ3n) is 5.00. The third-order valence-corrected chi connectivity index (χ3v) is 5.00. The van der Waals surface area contributed by atoms with E-state index in [1.807, 2.05) is 37.3 Å². The summed E-state index contributed by atoms with van der Waals surface area (Å²) >= 11 is 0. The van der Waals surface area contributed by atoms with E-state index in [-0.39, 0.29) is 11.3 Å². The van der Waals surface area contributed by atoms with Crippen molar-refractivity contribution in [1.82, 2.24) is 5.32 Å². The van der Waals surface area contributed by atoms with Crippen molar-refractivity contribution in [2.24, 2.45) is 0 Å². The van der Waals surface area contributed by atoms with Crippen LogP contribution in [0.5, 0.6) is 5.75 Å². The lowest BCUT2D eigenvalue weighted by Gasteiger charge is -2.42. The average molecular weight is 323 g/mol. The van der Waals surface area contributed by atoms with Crippen LogP contribution in [-0.2, 0) is 10.2 Å². The zero-order valence-electron chi connectivity index (χ0n) is 14.4. The minimum atomic E-state index is -0.499. The molecule has 0 bridgehead atoms. The highest BCUT2D eigenvalue weighted by Crippen LogP contribution is 2.43. The van der Waals surface area contributed by atoms with Crippen LogP contribution < -0.4 is 10.1 Å². The summed E-state index contributed by atoms with van der Waals surface area (Å²) in [7, 11) is 0. The van der Waals surface area contributed by atoms with Crippen LogP contribution in [0, 0.1) is 6.92 Å². The van der Waals surface area contributed by atoms with Crippen LogP contribution in [0.4, 0.5) is 0 Å². The van der Waals surface area contributed by atoms with Gasteiger partial charge in [0, 0.05) is 12.0 Å². The van der Waals surface area contributed by atoms with E-state index in [0.717, 1.165) is 18.6 Å². The van der Waals surface area contributed by atoms with Crippen molar-refractivity contribution >= 4 is 5.91 Å². The van der Waals surface area contributed by atoms with Gasteiger partial charge in [-0.1, -0.05) is 54.4 Å². The van der Waals surface area contributed by atoms with E-state index in [1.165, 1.54) is 17.5 Å². The molecule has 1 aliphatic rings. The number of nitrogens with one attached hydrogen (secondary N) is 1. The number of hydrogen-bond acceptors (Lipinski definition) is 2. The van der Waals surface area contributed by atoms with E-state index >= 15 is 0 Å². The Bertz CT molecular complexity index is 675. The van der Waals surface area contributed by atoms with Crippen LogP contribution in [0.1, 0.15) is 37.3 Å². The smallest absolute Gasteiger partial charge is 0.260 e. The summed E-state index contributed by atoms with van der Waals surface area (Å²) in [5.74, 6) is 0.669. The summed E-state index contributed by atoms with van der Waals surface area (Å²) in [5, 5.41) is 3.09. The maximum atomic E-state index is 12.4. The molecule has 0 aromatic heterocycles. The van der Waals surface area contributed by atoms with E-state index < -0.39 is 6.10 Å². The molecule has 126 valence electrons. The molecule has 1 atom stereocenters. The molecule has 24 heavy (non-hydrogen) atoms. The van der Waals surface area contributed by atoms with Gasteiger partial charge in [0.1, 0.15) is 5.75 Å². The summed E-state index contributed by atoms with van der Waals surface area (Å²) in [6.45, 7) is 4.50. The lowest BCUT2D eigenvalue weighted by atomic mass is 9.64. The van der Waals surface area contributed by atoms with Crippen LogP contribution in [0.2, 0.25) is 0 Å². The van der Waals surface area contributed by atoms with Crippen molar-refractivity contribution in [3.63, 3.8) is 0 Å². The number of ether oxygens (including phenoxy) is 1. The molecule has 0 saturated heterocycles. The molecule has 3 heteroatoms. The van der Waals surface area contributed by atoms with Gasteiger partial charge in [-0.05, 0) is 44.4 Å². The summed E-state index contributed by atoms with van der Waals surface area (Å²) in [5.41, 5.74) is 2.60. The van der Waals surface area contributed by atoms with Gasteiger partial charge < -0.3 is 10.1 Å². The molecule has 0 heterocycles. The minimum absolute atomic E-state index is 0.0576. The molecule has 1 aliphatic carbocycles. The van der Waals surface area contributed by atoms with E-state index in [2.05, 4.69) is 29.6 Å². The number of rotatable bonds is 6. The largest absolute Gasteiger partial charge is 0.481 e. The SMILES string of the molecule is Cc1ccc(OC(C)C(=O)NCC2(c3ccccc3)CCC2)cc1. The first-order chi connectivity index (χ1) is 11.6. The molecule has 0 radical (unpaired) electrons. The molecule has 0 aliphatic heterocycles. The van der Waals surface area contributed by atoms with E-state index in [1.54, 1.807) is 6.92 Å². The quantitative estimate of drug-likeness (QED) is 0.872. The maximum absolute atomic E-state index is 12.4. The molecule has 1 unspecified atom stereocenters. The van der Waals surface area contributed by atoms with Gasteiger partial charge in [0.2, 0.25) is 0 Å². The van der Waals surface area contributed by atoms with Crippen LogP contribution >= 0.6 is 0 Å². The van der Waals surface area contributed by atoms with Crippen LogP contribution in [0.15, 0.2) is 54.6 Å². The van der Waals surface area contributed by atoms with Gasteiger partial charge in [0.15, 0.2) is 6.10 Å². The lowest BCUT2D eigenvalue weighted by Crippen LogP contribution is -2.48. The second-order valence-electron chi connectivity index (χ2n) is 6.79. The molecule has 0 spiro atoms. The predicted octanol–water partition coefficient (Wildman–Crippen LogP) is 4.00. The third kappa shape index (κ3) is 3.61. The fourth-order valence-corrected chi connectivity index (χ4v) is 3.24. The van der Waals surface area contributed by atoms with Crippen molar-refractivity contribution in [3.8, 4) is 5.75 Å². The predicted molar refractivity (Wildman–Crippen MR) is 96.2 cm³/mol. The Hall–Kier alpha value is -2.29. The van der Waals surface area contributed by atoms with E-state index in [0.29, 0.717) is 6.54 Å². The Morgan fingerprint density at radius 2 is 1.79 bits per heavy atom. The summed E-state index contributed by atoms with van der Waals surface area (Å²) in [6, 6.07) is 18.3. The first-order valence-electron chi connectivity index (χ1n) is 8.66. The molecular weight excluding hydrogens is 298 g/mol. The minimum Gasteiger partial charge on any atom is -0.481 e. The number of benzene rings is 2. The second-order valence-corrected chi connectivity index (χ2v) is 6.79. The van der Waals surface area contributed by atoms with Gasteiger partial charge in [0.05, 0.1) is 0 Å². The van der Waals surface area contributed by atoms with Crippen LogP contribution in [-0.4, -0.2) is 18.6 Å². The lowest BCUT2D eigenvalue weighted by molar-refractivity contribution is -0.127. The highest BCUT2D eigenvalue weighted by atomic mass is 16.5. The topological polar surface area (TPSA) is 38.3 Å². The van der Waals surface area contributed by atoms with Gasteiger partial charge in [-0.2, -0.15) is 0 Å². The summed E-state index contributed by atoms with van der Waals surface area (Å²) in [4.78, 5) is 12.4. The van der Waals surface area contributed by atoms with Crippen molar-refractivity contribution in [2.75, 3.05) is 6.54 Å². The molecule has 1 amide bonds. The van der Waals surface area contributed by atoms with E-state index in [9.17, 15) is 4.79 Å². The standard InChI is InChI=1S/C21H25NO2/c1-16-9-11-19(12-10-16)24-17(2)20(23)22-15-21(13-6-14-21)18-7-4-3-5-8-18/h3-5,7-12,17H,6,13-15H2,1-2H3,(H,22,23). The Morgan fingerprint density at radius 3 is 2.38 bits per heavy atom. The first-order valence-corrected chi connectivity index (χ1v) is 8.66. The van der Waals surface area contributed by atoms with Gasteiger partial charge >= 0.3 is 0 Å². The van der Waals surface area contributed by atoms with Crippen molar-refractivity contribution in [3.05, 3.63) is 65.7 Å². The Kier molecular flexibility index (Phi) is 4.89. The average Bonchev–Trinajstić information content (AvgIpc) is 2.56. The number of carbonyl (C=O) groups excluding carboxylic acids is 1. The van der Waals surface area contributed by atoms with Gasteiger partial charge in [0.25, 0.3) is 5.91 Å². The van der Waals surface area contributed by atoms with E-state index in [4.69, 9.17) is 4.74 Å². The molecule has 2 aromatic carbocycles. The Morgan fingerprint density at radius 1 is 1.12 bits per heavy atom. The Labute approximate surface area is 144 Å². The fraction of sp³-hybridized carbons (Fsp3) is 0.381. The molecule has 3 rings (SSSR count). The maximum Gasteiger partial charge on any atom is 0.260 e. The molecule has 2 aromatic rings. The fourth-order valence-electron chi connectivity index (χ4n) is 3.24. The highest BCUT2D eigenvalue weighted by Gasteiger charge is 2.39. The normalized spacial score (nSPS) is 16.8. The number of carbonyl (C=O) groups is 1. The summed E-state index contributed by atoms with van der Waals surface area (Å²) < 4.78 is 5.74. The molecule has 1 saturated carbocycles. The van der Waals surface area contributed by atoms with Crippen LogP contribution in [0.25, 0.3) is 0 Å². The zero-order valence-corrected chi connectivity index (χ0v) is 14.4. The van der Waals surface area contributed by atoms with Crippen LogP contribution in [0.3, 0.4) is 0 Å². The number of amides is 1. The second kappa shape index (κ2) is 7.08. The highest BCUT2D eigenvalue weighted by molar-refractivity contribution is 5.80. The molecule has 3 nitrogen and oxygen atoms in total. The van der Waals surface area contributed by atoms with Gasteiger partial charge in [-0.25, -0.2) is 0 Å². The number of aryl methyl sites for hydroxylation is 1. The zero-order chi connectivity index (χ0) is 17.0. The monoisotopic (exact) mass is 323 g/mol. The van der Waals surface area contributed by atoms with Crippen molar-refractivity contribution in [2.45, 2.75) is 44.6 Å². The van der Waals surface area contributed by atoms with Crippen molar-refractivity contribution < 1.29 is 9.53 Å². The van der Waals surface area contributed by atoms with Gasteiger partial charge in [-0.15, -0.1) is 0 Å². The number of hydrogen-bond donors (Lipinski definition) is 1. The van der Waals surface area contributed by atoms with Crippen molar-refractivity contribution in [1.29, 1.82) is 0 Å². The summed E-state index contributed by atoms with van der Waals surface area (Å²) in [6.07, 6.45) is 2.98. The Balaban J connectivity index is 1.57. The molecule has 1 fully saturated rings. The first kappa shape index (κ1) is 16.6. The molecular formula is C21H25NO2.